The molecule has 0 saturated carbocycles. The average Bonchev–Trinajstić information content (AvgIpc) is 2.58. The van der Waals surface area contributed by atoms with E-state index in [9.17, 15) is 9.59 Å². The Morgan fingerprint density at radius 3 is 2.71 bits per heavy atom. The Hall–Kier alpha value is -2.47. The molecule has 1 amide bonds. The van der Waals surface area contributed by atoms with E-state index in [2.05, 4.69) is 26.3 Å². The van der Waals surface area contributed by atoms with E-state index in [-0.39, 0.29) is 24.1 Å². The number of benzene rings is 2. The van der Waals surface area contributed by atoms with Crippen LogP contribution >= 0.6 is 15.9 Å². The lowest BCUT2D eigenvalue weighted by molar-refractivity contribution is -0.122. The van der Waals surface area contributed by atoms with Crippen molar-refractivity contribution in [3.05, 3.63) is 75.1 Å². The number of hydrogen-bond acceptors (Lipinski definition) is 3. The van der Waals surface area contributed by atoms with E-state index >= 15 is 0 Å². The molecule has 0 aliphatic heterocycles. The third-order valence-corrected chi connectivity index (χ3v) is 4.53. The minimum Gasteiger partial charge on any atom is -0.348 e. The van der Waals surface area contributed by atoms with Gasteiger partial charge in [0.05, 0.1) is 17.6 Å². The highest BCUT2D eigenvalue weighted by Crippen LogP contribution is 2.22. The van der Waals surface area contributed by atoms with E-state index in [1.807, 2.05) is 43.3 Å². The van der Waals surface area contributed by atoms with Gasteiger partial charge in [-0.2, -0.15) is 5.10 Å². The molecule has 5 nitrogen and oxygen atoms in total. The fourth-order valence-electron chi connectivity index (χ4n) is 2.57. The minimum absolute atomic E-state index is 0.113. The fourth-order valence-corrected chi connectivity index (χ4v) is 3.20. The summed E-state index contributed by atoms with van der Waals surface area (Å²) in [7, 11) is 0. The molecule has 0 spiro atoms. The Bertz CT molecular complexity index is 952. The van der Waals surface area contributed by atoms with Crippen molar-refractivity contribution in [1.29, 1.82) is 0 Å². The van der Waals surface area contributed by atoms with Gasteiger partial charge in [-0.15, -0.1) is 0 Å². The van der Waals surface area contributed by atoms with E-state index < -0.39 is 0 Å². The van der Waals surface area contributed by atoms with Crippen LogP contribution < -0.4 is 10.9 Å². The molecule has 0 aliphatic carbocycles. The summed E-state index contributed by atoms with van der Waals surface area (Å²) in [6.45, 7) is 1.78. The lowest BCUT2D eigenvalue weighted by Gasteiger charge is -2.16. The van der Waals surface area contributed by atoms with Gasteiger partial charge in [-0.3, -0.25) is 9.59 Å². The first-order chi connectivity index (χ1) is 11.6. The molecular weight excluding hydrogens is 370 g/mol. The molecule has 2 aromatic carbocycles. The first-order valence-corrected chi connectivity index (χ1v) is 8.34. The van der Waals surface area contributed by atoms with Gasteiger partial charge >= 0.3 is 0 Å². The standard InChI is InChI=1S/C18H16BrN3O2/c1-12(14-7-4-5-9-16(14)19)21-17(23)11-22-18(24)15-8-3-2-6-13(15)10-20-22/h2-10,12H,11H2,1H3,(H,21,23). The number of rotatable bonds is 4. The lowest BCUT2D eigenvalue weighted by Crippen LogP contribution is -2.35. The lowest BCUT2D eigenvalue weighted by atomic mass is 10.1. The van der Waals surface area contributed by atoms with Gasteiger partial charge in [0.25, 0.3) is 5.56 Å². The zero-order valence-corrected chi connectivity index (χ0v) is 14.7. The number of carbonyl (C=O) groups is 1. The van der Waals surface area contributed by atoms with Crippen LogP contribution in [0, 0.1) is 0 Å². The Morgan fingerprint density at radius 1 is 1.21 bits per heavy atom. The molecule has 0 bridgehead atoms. The topological polar surface area (TPSA) is 64.0 Å². The van der Waals surface area contributed by atoms with E-state index in [4.69, 9.17) is 0 Å². The number of fused-ring (bicyclic) bond motifs is 1. The zero-order chi connectivity index (χ0) is 17.1. The molecule has 3 rings (SSSR count). The molecule has 3 aromatic rings. The van der Waals surface area contributed by atoms with E-state index in [0.29, 0.717) is 5.39 Å². The van der Waals surface area contributed by atoms with Crippen LogP contribution in [0.15, 0.2) is 64.0 Å². The van der Waals surface area contributed by atoms with Crippen LogP contribution in [0.3, 0.4) is 0 Å². The van der Waals surface area contributed by atoms with Crippen LogP contribution in [0.2, 0.25) is 0 Å². The number of hydrogen-bond donors (Lipinski definition) is 1. The van der Waals surface area contributed by atoms with Crippen molar-refractivity contribution in [2.75, 3.05) is 0 Å². The van der Waals surface area contributed by atoms with Crippen molar-refractivity contribution in [2.24, 2.45) is 0 Å². The molecule has 1 heterocycles. The second-order valence-electron chi connectivity index (χ2n) is 5.51. The van der Waals surface area contributed by atoms with Crippen LogP contribution in [-0.4, -0.2) is 15.7 Å². The minimum atomic E-state index is -0.267. The second kappa shape index (κ2) is 6.97. The van der Waals surface area contributed by atoms with Crippen LogP contribution in [0.5, 0.6) is 0 Å². The van der Waals surface area contributed by atoms with E-state index in [0.717, 1.165) is 15.4 Å². The molecule has 0 saturated heterocycles. The summed E-state index contributed by atoms with van der Waals surface area (Å²) in [6.07, 6.45) is 1.60. The van der Waals surface area contributed by atoms with Crippen LogP contribution in [-0.2, 0) is 11.3 Å². The van der Waals surface area contributed by atoms with Gasteiger partial charge in [-0.05, 0) is 24.6 Å². The van der Waals surface area contributed by atoms with Crippen molar-refractivity contribution in [3.8, 4) is 0 Å². The molecule has 0 aliphatic rings. The first-order valence-electron chi connectivity index (χ1n) is 7.55. The predicted molar refractivity (Wildman–Crippen MR) is 96.7 cm³/mol. The van der Waals surface area contributed by atoms with E-state index in [1.165, 1.54) is 4.68 Å². The van der Waals surface area contributed by atoms with Crippen LogP contribution in [0.4, 0.5) is 0 Å². The molecule has 6 heteroatoms. The first kappa shape index (κ1) is 16.4. The summed E-state index contributed by atoms with van der Waals surface area (Å²) >= 11 is 3.47. The fraction of sp³-hybridized carbons (Fsp3) is 0.167. The molecule has 0 fully saturated rings. The van der Waals surface area contributed by atoms with Gasteiger partial charge in [0.1, 0.15) is 6.54 Å². The molecule has 1 atom stereocenters. The van der Waals surface area contributed by atoms with Gasteiger partial charge in [0.15, 0.2) is 0 Å². The molecule has 1 unspecified atom stereocenters. The summed E-state index contributed by atoms with van der Waals surface area (Å²) in [5.41, 5.74) is 0.710. The maximum absolute atomic E-state index is 12.4. The summed E-state index contributed by atoms with van der Waals surface area (Å²) in [4.78, 5) is 24.7. The SMILES string of the molecule is CC(NC(=O)Cn1ncc2ccccc2c1=O)c1ccccc1Br. The molecule has 0 radical (unpaired) electrons. The normalized spacial score (nSPS) is 12.1. The number of nitrogens with one attached hydrogen (secondary N) is 1. The Balaban J connectivity index is 1.77. The molecule has 122 valence electrons. The Kier molecular flexibility index (Phi) is 4.76. The highest BCUT2D eigenvalue weighted by molar-refractivity contribution is 9.10. The summed E-state index contributed by atoms with van der Waals surface area (Å²) in [6, 6.07) is 14.7. The van der Waals surface area contributed by atoms with Crippen molar-refractivity contribution in [1.82, 2.24) is 15.1 Å². The summed E-state index contributed by atoms with van der Waals surface area (Å²) in [5.74, 6) is -0.261. The summed E-state index contributed by atoms with van der Waals surface area (Å²) in [5, 5.41) is 8.29. The highest BCUT2D eigenvalue weighted by Gasteiger charge is 2.14. The van der Waals surface area contributed by atoms with Gasteiger partial charge in [0, 0.05) is 9.86 Å². The van der Waals surface area contributed by atoms with Crippen LogP contribution in [0.1, 0.15) is 18.5 Å². The van der Waals surface area contributed by atoms with E-state index in [1.54, 1.807) is 18.3 Å². The maximum Gasteiger partial charge on any atom is 0.275 e. The highest BCUT2D eigenvalue weighted by atomic mass is 79.9. The molecular formula is C18H16BrN3O2. The third kappa shape index (κ3) is 3.38. The zero-order valence-electron chi connectivity index (χ0n) is 13.1. The number of carbonyl (C=O) groups excluding carboxylic acids is 1. The van der Waals surface area contributed by atoms with Crippen molar-refractivity contribution in [2.45, 2.75) is 19.5 Å². The number of amides is 1. The van der Waals surface area contributed by atoms with Gasteiger partial charge < -0.3 is 5.32 Å². The predicted octanol–water partition coefficient (Wildman–Crippen LogP) is 3.04. The quantitative estimate of drug-likeness (QED) is 0.750. The summed E-state index contributed by atoms with van der Waals surface area (Å²) < 4.78 is 2.11. The molecule has 1 N–H and O–H groups in total. The number of halogens is 1. The Labute approximate surface area is 147 Å². The molecule has 1 aromatic heterocycles. The van der Waals surface area contributed by atoms with Crippen LogP contribution in [0.25, 0.3) is 10.8 Å². The second-order valence-corrected chi connectivity index (χ2v) is 6.36. The third-order valence-electron chi connectivity index (χ3n) is 3.80. The molecule has 24 heavy (non-hydrogen) atoms. The van der Waals surface area contributed by atoms with Crippen molar-refractivity contribution < 1.29 is 4.79 Å². The Morgan fingerprint density at radius 2 is 1.92 bits per heavy atom. The monoisotopic (exact) mass is 385 g/mol. The number of nitrogens with zero attached hydrogens (tertiary/aromatic N) is 2. The average molecular weight is 386 g/mol. The largest absolute Gasteiger partial charge is 0.348 e. The van der Waals surface area contributed by atoms with Crippen molar-refractivity contribution >= 4 is 32.6 Å². The maximum atomic E-state index is 12.4. The van der Waals surface area contributed by atoms with Gasteiger partial charge in [0.2, 0.25) is 5.91 Å². The van der Waals surface area contributed by atoms with Crippen molar-refractivity contribution in [3.63, 3.8) is 0 Å². The van der Waals surface area contributed by atoms with Gasteiger partial charge in [-0.25, -0.2) is 4.68 Å². The smallest absolute Gasteiger partial charge is 0.275 e. The number of aromatic nitrogens is 2. The van der Waals surface area contributed by atoms with Gasteiger partial charge in [-0.1, -0.05) is 52.3 Å².